The lowest BCUT2D eigenvalue weighted by Gasteiger charge is -2.50. The van der Waals surface area contributed by atoms with Crippen LogP contribution >= 0.6 is 0 Å². The largest absolute Gasteiger partial charge is 0.374 e. The molecule has 0 N–H and O–H groups in total. The molecule has 1 saturated heterocycles. The van der Waals surface area contributed by atoms with Gasteiger partial charge >= 0.3 is 0 Å². The summed E-state index contributed by atoms with van der Waals surface area (Å²) in [4.78, 5) is 2.69. The third kappa shape index (κ3) is 1.94. The lowest BCUT2D eigenvalue weighted by molar-refractivity contribution is 0.0420. The molecular formula is C16H25N. The Morgan fingerprint density at radius 1 is 1.18 bits per heavy atom. The van der Waals surface area contributed by atoms with Gasteiger partial charge in [0, 0.05) is 18.8 Å². The Bertz CT molecular complexity index is 350. The second kappa shape index (κ2) is 4.19. The number of nitrogens with zero attached hydrogens (tertiary/aromatic N) is 1. The van der Waals surface area contributed by atoms with Crippen molar-refractivity contribution in [2.24, 2.45) is 11.3 Å². The van der Waals surface area contributed by atoms with Crippen molar-refractivity contribution in [2.45, 2.75) is 52.4 Å². The van der Waals surface area contributed by atoms with Crippen LogP contribution in [0.15, 0.2) is 23.4 Å². The van der Waals surface area contributed by atoms with Crippen molar-refractivity contribution in [3.8, 4) is 0 Å². The van der Waals surface area contributed by atoms with Gasteiger partial charge in [0.05, 0.1) is 0 Å². The van der Waals surface area contributed by atoms with Crippen LogP contribution in [-0.2, 0) is 0 Å². The van der Waals surface area contributed by atoms with Gasteiger partial charge in [0.2, 0.25) is 0 Å². The molecular weight excluding hydrogens is 206 g/mol. The topological polar surface area (TPSA) is 3.24 Å². The van der Waals surface area contributed by atoms with Crippen molar-refractivity contribution < 1.29 is 0 Å². The summed E-state index contributed by atoms with van der Waals surface area (Å²) in [6.45, 7) is 7.29. The molecule has 2 fully saturated rings. The third-order valence-electron chi connectivity index (χ3n) is 5.31. The van der Waals surface area contributed by atoms with Gasteiger partial charge in [-0.2, -0.15) is 0 Å². The zero-order valence-corrected chi connectivity index (χ0v) is 11.3. The van der Waals surface area contributed by atoms with Gasteiger partial charge in [-0.1, -0.05) is 25.5 Å². The van der Waals surface area contributed by atoms with E-state index in [4.69, 9.17) is 0 Å². The molecule has 1 nitrogen and oxygen atoms in total. The van der Waals surface area contributed by atoms with Crippen LogP contribution < -0.4 is 0 Å². The normalized spacial score (nSPS) is 31.9. The Morgan fingerprint density at radius 3 is 2.41 bits per heavy atom. The summed E-state index contributed by atoms with van der Waals surface area (Å²) in [6, 6.07) is 0. The molecule has 0 aromatic carbocycles. The van der Waals surface area contributed by atoms with Gasteiger partial charge in [-0.25, -0.2) is 0 Å². The van der Waals surface area contributed by atoms with E-state index >= 15 is 0 Å². The van der Waals surface area contributed by atoms with Crippen molar-refractivity contribution in [3.63, 3.8) is 0 Å². The molecule has 1 heterocycles. The predicted molar refractivity (Wildman–Crippen MR) is 72.7 cm³/mol. The molecule has 1 spiro atoms. The monoisotopic (exact) mass is 231 g/mol. The van der Waals surface area contributed by atoms with Gasteiger partial charge in [0.1, 0.15) is 0 Å². The van der Waals surface area contributed by atoms with E-state index in [0.29, 0.717) is 0 Å². The van der Waals surface area contributed by atoms with E-state index in [9.17, 15) is 0 Å². The Morgan fingerprint density at radius 2 is 1.88 bits per heavy atom. The molecule has 3 aliphatic rings. The first kappa shape index (κ1) is 11.4. The lowest BCUT2D eigenvalue weighted by Crippen LogP contribution is -2.44. The first-order valence-electron chi connectivity index (χ1n) is 7.32. The molecule has 1 atom stereocenters. The summed E-state index contributed by atoms with van der Waals surface area (Å²) in [7, 11) is 0. The highest BCUT2D eigenvalue weighted by molar-refractivity contribution is 5.29. The maximum absolute atomic E-state index is 2.69. The minimum absolute atomic E-state index is 0.732. The van der Waals surface area contributed by atoms with Crippen LogP contribution in [0, 0.1) is 11.3 Å². The fraction of sp³-hybridized carbons (Fsp3) is 0.750. The predicted octanol–water partition coefficient (Wildman–Crippen LogP) is 4.12. The number of piperidine rings is 1. The second-order valence-electron chi connectivity index (χ2n) is 6.45. The fourth-order valence-electron chi connectivity index (χ4n) is 3.99. The number of hydrogen-bond acceptors (Lipinski definition) is 1. The van der Waals surface area contributed by atoms with Gasteiger partial charge in [-0.3, -0.25) is 0 Å². The Labute approximate surface area is 106 Å². The second-order valence-corrected chi connectivity index (χ2v) is 6.45. The SMILES string of the molecule is CC1=C(N2CCC3(CCC3)CC2)C(C)CC=C1. The summed E-state index contributed by atoms with van der Waals surface area (Å²) < 4.78 is 0. The van der Waals surface area contributed by atoms with E-state index in [-0.39, 0.29) is 0 Å². The fourth-order valence-corrected chi connectivity index (χ4v) is 3.99. The number of rotatable bonds is 1. The van der Waals surface area contributed by atoms with Crippen molar-refractivity contribution in [3.05, 3.63) is 23.4 Å². The van der Waals surface area contributed by atoms with Crippen molar-refractivity contribution >= 4 is 0 Å². The summed E-state index contributed by atoms with van der Waals surface area (Å²) >= 11 is 0. The molecule has 0 amide bonds. The zero-order chi connectivity index (χ0) is 11.9. The van der Waals surface area contributed by atoms with Gasteiger partial charge in [-0.15, -0.1) is 0 Å². The average molecular weight is 231 g/mol. The number of hydrogen-bond donors (Lipinski definition) is 0. The number of allylic oxidation sites excluding steroid dienone is 4. The molecule has 0 radical (unpaired) electrons. The van der Waals surface area contributed by atoms with E-state index in [1.165, 1.54) is 57.2 Å². The van der Waals surface area contributed by atoms with Crippen LogP contribution in [0.25, 0.3) is 0 Å². The molecule has 0 aromatic heterocycles. The molecule has 2 aliphatic carbocycles. The third-order valence-corrected chi connectivity index (χ3v) is 5.31. The molecule has 17 heavy (non-hydrogen) atoms. The summed E-state index contributed by atoms with van der Waals surface area (Å²) in [5, 5.41) is 0. The quantitative estimate of drug-likeness (QED) is 0.656. The van der Waals surface area contributed by atoms with Crippen molar-refractivity contribution in [1.82, 2.24) is 4.90 Å². The van der Waals surface area contributed by atoms with Gasteiger partial charge in [0.25, 0.3) is 0 Å². The van der Waals surface area contributed by atoms with Crippen LogP contribution in [0.5, 0.6) is 0 Å². The van der Waals surface area contributed by atoms with Gasteiger partial charge < -0.3 is 4.90 Å². The smallest absolute Gasteiger partial charge is 0.0194 e. The molecule has 0 aromatic rings. The van der Waals surface area contributed by atoms with Crippen LogP contribution in [0.2, 0.25) is 0 Å². The van der Waals surface area contributed by atoms with E-state index < -0.39 is 0 Å². The first-order chi connectivity index (χ1) is 8.20. The highest BCUT2D eigenvalue weighted by Gasteiger charge is 2.40. The van der Waals surface area contributed by atoms with Gasteiger partial charge in [-0.05, 0) is 55.9 Å². The lowest BCUT2D eigenvalue weighted by atomic mass is 9.63. The highest BCUT2D eigenvalue weighted by Crippen LogP contribution is 2.49. The van der Waals surface area contributed by atoms with Crippen molar-refractivity contribution in [1.29, 1.82) is 0 Å². The van der Waals surface area contributed by atoms with E-state index in [1.807, 2.05) is 0 Å². The van der Waals surface area contributed by atoms with Crippen LogP contribution in [0.4, 0.5) is 0 Å². The van der Waals surface area contributed by atoms with Crippen LogP contribution in [0.3, 0.4) is 0 Å². The van der Waals surface area contributed by atoms with Crippen LogP contribution in [-0.4, -0.2) is 18.0 Å². The van der Waals surface area contributed by atoms with E-state index in [1.54, 1.807) is 5.70 Å². The maximum atomic E-state index is 2.69. The standard InChI is InChI=1S/C16H25N/c1-13-5-3-6-14(2)15(13)17-11-9-16(10-12-17)7-4-8-16/h3,5,14H,4,6-12H2,1-2H3. The number of likely N-dealkylation sites (tertiary alicyclic amines) is 1. The van der Waals surface area contributed by atoms with Crippen LogP contribution in [0.1, 0.15) is 52.4 Å². The highest BCUT2D eigenvalue weighted by atomic mass is 15.1. The summed E-state index contributed by atoms with van der Waals surface area (Å²) in [6.07, 6.45) is 13.3. The Hall–Kier alpha value is -0.720. The minimum Gasteiger partial charge on any atom is -0.374 e. The molecule has 3 rings (SSSR count). The van der Waals surface area contributed by atoms with E-state index in [0.717, 1.165) is 11.3 Å². The van der Waals surface area contributed by atoms with E-state index in [2.05, 4.69) is 30.9 Å². The molecule has 1 heteroatoms. The summed E-state index contributed by atoms with van der Waals surface area (Å²) in [5.41, 5.74) is 3.92. The molecule has 94 valence electrons. The molecule has 1 aliphatic heterocycles. The molecule has 1 unspecified atom stereocenters. The Balaban J connectivity index is 1.71. The molecule has 1 saturated carbocycles. The van der Waals surface area contributed by atoms with Gasteiger partial charge in [0.15, 0.2) is 0 Å². The molecule has 0 bridgehead atoms. The van der Waals surface area contributed by atoms with Crippen molar-refractivity contribution in [2.75, 3.05) is 13.1 Å². The zero-order valence-electron chi connectivity index (χ0n) is 11.3. The summed E-state index contributed by atoms with van der Waals surface area (Å²) in [5.74, 6) is 0.732. The Kier molecular flexibility index (Phi) is 2.80. The minimum atomic E-state index is 0.732. The maximum Gasteiger partial charge on any atom is 0.0194 e. The average Bonchev–Trinajstić information content (AvgIpc) is 2.28. The first-order valence-corrected chi connectivity index (χ1v) is 7.32.